The van der Waals surface area contributed by atoms with E-state index < -0.39 is 5.91 Å². The summed E-state index contributed by atoms with van der Waals surface area (Å²) in [5.74, 6) is -0.574. The number of fused-ring (bicyclic) bond motifs is 1. The average molecular weight is 339 g/mol. The van der Waals surface area contributed by atoms with E-state index in [1.165, 1.54) is 0 Å². The monoisotopic (exact) mass is 339 g/mol. The number of hydrogen-bond donors (Lipinski definition) is 2. The quantitative estimate of drug-likeness (QED) is 0.664. The smallest absolute Gasteiger partial charge is 0.275 e. The molecular formula is C19H21N3O3. The molecule has 2 aromatic rings. The predicted octanol–water partition coefficient (Wildman–Crippen LogP) is 2.66. The second-order valence-electron chi connectivity index (χ2n) is 6.27. The fourth-order valence-electron chi connectivity index (χ4n) is 2.95. The Kier molecular flexibility index (Phi) is 4.97. The van der Waals surface area contributed by atoms with E-state index in [4.69, 9.17) is 0 Å². The number of phenols is 1. The molecule has 0 spiro atoms. The summed E-state index contributed by atoms with van der Waals surface area (Å²) in [4.78, 5) is 26.2. The Hall–Kier alpha value is -2.89. The predicted molar refractivity (Wildman–Crippen MR) is 96.6 cm³/mol. The topological polar surface area (TPSA) is 82.0 Å². The van der Waals surface area contributed by atoms with Gasteiger partial charge < -0.3 is 10.0 Å². The van der Waals surface area contributed by atoms with E-state index in [9.17, 15) is 14.7 Å². The van der Waals surface area contributed by atoms with E-state index in [-0.39, 0.29) is 23.6 Å². The van der Waals surface area contributed by atoms with Crippen LogP contribution in [-0.4, -0.2) is 40.6 Å². The van der Waals surface area contributed by atoms with Crippen molar-refractivity contribution in [1.29, 1.82) is 0 Å². The third-order valence-corrected chi connectivity index (χ3v) is 4.32. The van der Waals surface area contributed by atoms with Gasteiger partial charge in [-0.3, -0.25) is 9.59 Å². The lowest BCUT2D eigenvalue weighted by Crippen LogP contribution is -2.29. The van der Waals surface area contributed by atoms with Gasteiger partial charge in [0, 0.05) is 18.8 Å². The van der Waals surface area contributed by atoms with Crippen LogP contribution in [0.1, 0.15) is 36.5 Å². The standard InChI is InChI=1S/C19H21N3O3/c1-13(10-18(24)22-8-4-5-9-22)20-21-19(25)16-11-14-6-2-3-7-15(14)12-17(16)23/h2-3,6-7,11-12,23H,4-5,8-10H2,1H3,(H,21,25). The third-order valence-electron chi connectivity index (χ3n) is 4.32. The number of carbonyl (C=O) groups is 2. The number of nitrogens with one attached hydrogen (secondary N) is 1. The molecule has 2 aromatic carbocycles. The number of aromatic hydroxyl groups is 1. The van der Waals surface area contributed by atoms with Gasteiger partial charge in [-0.1, -0.05) is 24.3 Å². The van der Waals surface area contributed by atoms with Gasteiger partial charge in [-0.15, -0.1) is 0 Å². The van der Waals surface area contributed by atoms with Crippen LogP contribution in [0.2, 0.25) is 0 Å². The molecule has 25 heavy (non-hydrogen) atoms. The molecule has 1 aliphatic heterocycles. The maximum absolute atomic E-state index is 12.3. The van der Waals surface area contributed by atoms with E-state index >= 15 is 0 Å². The molecule has 3 rings (SSSR count). The molecule has 1 aliphatic rings. The normalized spacial score (nSPS) is 14.8. The highest BCUT2D eigenvalue weighted by molar-refractivity contribution is 6.03. The lowest BCUT2D eigenvalue weighted by molar-refractivity contribution is -0.128. The molecule has 0 atom stereocenters. The maximum atomic E-state index is 12.3. The van der Waals surface area contributed by atoms with Gasteiger partial charge in [0.25, 0.3) is 5.91 Å². The Morgan fingerprint density at radius 3 is 2.48 bits per heavy atom. The molecule has 2 N–H and O–H groups in total. The van der Waals surface area contributed by atoms with Crippen molar-refractivity contribution in [2.24, 2.45) is 5.10 Å². The second kappa shape index (κ2) is 7.34. The van der Waals surface area contributed by atoms with Gasteiger partial charge in [-0.2, -0.15) is 5.10 Å². The van der Waals surface area contributed by atoms with Crippen LogP contribution in [0.3, 0.4) is 0 Å². The minimum Gasteiger partial charge on any atom is -0.507 e. The van der Waals surface area contributed by atoms with Crippen LogP contribution < -0.4 is 5.43 Å². The Balaban J connectivity index is 1.67. The van der Waals surface area contributed by atoms with Crippen molar-refractivity contribution < 1.29 is 14.7 Å². The summed E-state index contributed by atoms with van der Waals surface area (Å²) < 4.78 is 0. The van der Waals surface area contributed by atoms with Crippen LogP contribution in [-0.2, 0) is 4.79 Å². The largest absolute Gasteiger partial charge is 0.507 e. The highest BCUT2D eigenvalue weighted by Crippen LogP contribution is 2.24. The molecule has 1 saturated heterocycles. The van der Waals surface area contributed by atoms with Gasteiger partial charge in [0.1, 0.15) is 5.75 Å². The Labute approximate surface area is 146 Å². The number of hydrogen-bond acceptors (Lipinski definition) is 4. The highest BCUT2D eigenvalue weighted by Gasteiger charge is 2.18. The zero-order valence-corrected chi connectivity index (χ0v) is 14.2. The first kappa shape index (κ1) is 17.0. The van der Waals surface area contributed by atoms with Crippen LogP contribution >= 0.6 is 0 Å². The summed E-state index contributed by atoms with van der Waals surface area (Å²) in [6.07, 6.45) is 2.27. The minimum atomic E-state index is -0.503. The first-order valence-electron chi connectivity index (χ1n) is 8.37. The molecule has 0 radical (unpaired) electrons. The molecule has 0 saturated carbocycles. The van der Waals surface area contributed by atoms with Gasteiger partial charge >= 0.3 is 0 Å². The van der Waals surface area contributed by atoms with Crippen LogP contribution in [0.4, 0.5) is 0 Å². The molecule has 1 heterocycles. The van der Waals surface area contributed by atoms with E-state index in [1.807, 2.05) is 29.2 Å². The maximum Gasteiger partial charge on any atom is 0.275 e. The SMILES string of the molecule is CC(CC(=O)N1CCCC1)=NNC(=O)c1cc2ccccc2cc1O. The fraction of sp³-hybridized carbons (Fsp3) is 0.316. The number of nitrogens with zero attached hydrogens (tertiary/aromatic N) is 2. The van der Waals surface area contributed by atoms with Crippen molar-refractivity contribution in [1.82, 2.24) is 10.3 Å². The van der Waals surface area contributed by atoms with Gasteiger partial charge in [-0.25, -0.2) is 5.43 Å². The molecule has 6 nitrogen and oxygen atoms in total. The van der Waals surface area contributed by atoms with Gasteiger partial charge in [-0.05, 0) is 42.7 Å². The fourth-order valence-corrected chi connectivity index (χ4v) is 2.95. The molecular weight excluding hydrogens is 318 g/mol. The van der Waals surface area contributed by atoms with Crippen molar-refractivity contribution in [3.8, 4) is 5.75 Å². The number of phenolic OH excluding ortho intramolecular Hbond substituents is 1. The summed E-state index contributed by atoms with van der Waals surface area (Å²) in [6, 6.07) is 10.6. The second-order valence-corrected chi connectivity index (χ2v) is 6.27. The molecule has 130 valence electrons. The lowest BCUT2D eigenvalue weighted by atomic mass is 10.1. The molecule has 1 fully saturated rings. The number of carbonyl (C=O) groups excluding carboxylic acids is 2. The zero-order valence-electron chi connectivity index (χ0n) is 14.2. The van der Waals surface area contributed by atoms with E-state index in [2.05, 4.69) is 10.5 Å². The number of rotatable bonds is 4. The first-order valence-corrected chi connectivity index (χ1v) is 8.37. The van der Waals surface area contributed by atoms with Crippen LogP contribution in [0, 0.1) is 0 Å². The molecule has 6 heteroatoms. The minimum absolute atomic E-state index is 0.0292. The summed E-state index contributed by atoms with van der Waals surface area (Å²) in [5.41, 5.74) is 3.11. The Morgan fingerprint density at radius 2 is 1.80 bits per heavy atom. The molecule has 0 aromatic heterocycles. The van der Waals surface area contributed by atoms with E-state index in [0.29, 0.717) is 5.71 Å². The van der Waals surface area contributed by atoms with Crippen LogP contribution in [0.25, 0.3) is 10.8 Å². The third kappa shape index (κ3) is 3.96. The first-order chi connectivity index (χ1) is 12.0. The van der Waals surface area contributed by atoms with Gasteiger partial charge in [0.05, 0.1) is 12.0 Å². The van der Waals surface area contributed by atoms with Gasteiger partial charge in [0.15, 0.2) is 0 Å². The Bertz CT molecular complexity index is 839. The van der Waals surface area contributed by atoms with Crippen molar-refractivity contribution in [2.45, 2.75) is 26.2 Å². The average Bonchev–Trinajstić information content (AvgIpc) is 3.14. The lowest BCUT2D eigenvalue weighted by Gasteiger charge is -2.14. The van der Waals surface area contributed by atoms with Crippen molar-refractivity contribution in [2.75, 3.05) is 13.1 Å². The van der Waals surface area contributed by atoms with Gasteiger partial charge in [0.2, 0.25) is 5.91 Å². The summed E-state index contributed by atoms with van der Waals surface area (Å²) in [7, 11) is 0. The zero-order chi connectivity index (χ0) is 17.8. The Morgan fingerprint density at radius 1 is 1.16 bits per heavy atom. The van der Waals surface area contributed by atoms with Crippen LogP contribution in [0.15, 0.2) is 41.5 Å². The molecule has 0 unspecified atom stereocenters. The summed E-state index contributed by atoms with van der Waals surface area (Å²) in [6.45, 7) is 3.29. The highest BCUT2D eigenvalue weighted by atomic mass is 16.3. The van der Waals surface area contributed by atoms with Crippen LogP contribution in [0.5, 0.6) is 5.75 Å². The van der Waals surface area contributed by atoms with E-state index in [0.717, 1.165) is 36.7 Å². The number of likely N-dealkylation sites (tertiary alicyclic amines) is 1. The number of hydrazone groups is 1. The number of benzene rings is 2. The van der Waals surface area contributed by atoms with Crippen molar-refractivity contribution >= 4 is 28.3 Å². The molecule has 0 aliphatic carbocycles. The summed E-state index contributed by atoms with van der Waals surface area (Å²) >= 11 is 0. The molecule has 0 bridgehead atoms. The van der Waals surface area contributed by atoms with E-state index in [1.54, 1.807) is 19.1 Å². The van der Waals surface area contributed by atoms with Crippen molar-refractivity contribution in [3.05, 3.63) is 42.0 Å². The number of amides is 2. The van der Waals surface area contributed by atoms with Crippen molar-refractivity contribution in [3.63, 3.8) is 0 Å². The summed E-state index contributed by atoms with van der Waals surface area (Å²) in [5, 5.41) is 15.8. The molecule has 2 amide bonds.